The molecule has 1 rings (SSSR count). The van der Waals surface area contributed by atoms with Crippen LogP contribution in [-0.2, 0) is 9.53 Å². The number of carbonyl (C=O) groups is 2. The van der Waals surface area contributed by atoms with Crippen LogP contribution in [0, 0.1) is 0 Å². The molecule has 0 radical (unpaired) electrons. The third-order valence-electron chi connectivity index (χ3n) is 1.94. The molecular formula is C11H12Cl2N2O4. The lowest BCUT2D eigenvalue weighted by Crippen LogP contribution is -2.32. The lowest BCUT2D eigenvalue weighted by atomic mass is 10.3. The number of rotatable bonds is 6. The minimum absolute atomic E-state index is 0.105. The summed E-state index contributed by atoms with van der Waals surface area (Å²) in [6.07, 6.45) is 0. The fraction of sp³-hybridized carbons (Fsp3) is 0.273. The highest BCUT2D eigenvalue weighted by Gasteiger charge is 2.05. The number of hydrogen-bond acceptors (Lipinski definition) is 3. The summed E-state index contributed by atoms with van der Waals surface area (Å²) in [6, 6.07) is 4.21. The fourth-order valence-corrected chi connectivity index (χ4v) is 1.61. The van der Waals surface area contributed by atoms with Gasteiger partial charge in [-0.15, -0.1) is 0 Å². The SMILES string of the molecule is O=C(O)COCCNC(=O)Nc1ccc(Cl)cc1Cl. The molecule has 0 bridgehead atoms. The molecule has 2 amide bonds. The summed E-state index contributed by atoms with van der Waals surface area (Å²) in [5.41, 5.74) is 0.426. The van der Waals surface area contributed by atoms with Crippen molar-refractivity contribution in [3.63, 3.8) is 0 Å². The lowest BCUT2D eigenvalue weighted by molar-refractivity contribution is -0.142. The topological polar surface area (TPSA) is 87.7 Å². The molecule has 19 heavy (non-hydrogen) atoms. The van der Waals surface area contributed by atoms with Crippen LogP contribution >= 0.6 is 23.2 Å². The van der Waals surface area contributed by atoms with Crippen molar-refractivity contribution in [3.05, 3.63) is 28.2 Å². The normalized spacial score (nSPS) is 10.0. The zero-order valence-electron chi connectivity index (χ0n) is 9.78. The number of halogens is 2. The highest BCUT2D eigenvalue weighted by atomic mass is 35.5. The Hall–Kier alpha value is -1.50. The van der Waals surface area contributed by atoms with E-state index in [0.29, 0.717) is 15.7 Å². The average molecular weight is 307 g/mol. The maximum absolute atomic E-state index is 11.5. The van der Waals surface area contributed by atoms with Gasteiger partial charge < -0.3 is 20.5 Å². The second-order valence-corrected chi connectivity index (χ2v) is 4.30. The Morgan fingerprint density at radius 3 is 2.68 bits per heavy atom. The molecule has 1 aromatic carbocycles. The van der Waals surface area contributed by atoms with Gasteiger partial charge in [0.05, 0.1) is 17.3 Å². The van der Waals surface area contributed by atoms with Gasteiger partial charge in [0.2, 0.25) is 0 Å². The number of carboxylic acids is 1. The van der Waals surface area contributed by atoms with E-state index < -0.39 is 18.6 Å². The molecule has 0 saturated carbocycles. The largest absolute Gasteiger partial charge is 0.480 e. The summed E-state index contributed by atoms with van der Waals surface area (Å²) in [7, 11) is 0. The number of urea groups is 1. The van der Waals surface area contributed by atoms with Crippen LogP contribution in [0.5, 0.6) is 0 Å². The zero-order valence-corrected chi connectivity index (χ0v) is 11.3. The van der Waals surface area contributed by atoms with Gasteiger partial charge in [-0.05, 0) is 18.2 Å². The number of nitrogens with one attached hydrogen (secondary N) is 2. The van der Waals surface area contributed by atoms with Crippen LogP contribution in [0.4, 0.5) is 10.5 Å². The van der Waals surface area contributed by atoms with Crippen LogP contribution in [0.3, 0.4) is 0 Å². The average Bonchev–Trinajstić information content (AvgIpc) is 2.32. The summed E-state index contributed by atoms with van der Waals surface area (Å²) in [6.45, 7) is -0.106. The molecule has 0 atom stereocenters. The molecule has 0 spiro atoms. The molecule has 8 heteroatoms. The molecule has 0 heterocycles. The summed E-state index contributed by atoms with van der Waals surface area (Å²) in [4.78, 5) is 21.6. The second kappa shape index (κ2) is 7.83. The molecule has 0 aliphatic rings. The highest BCUT2D eigenvalue weighted by molar-refractivity contribution is 6.36. The predicted molar refractivity (Wildman–Crippen MR) is 71.9 cm³/mol. The Bertz CT molecular complexity index is 468. The minimum Gasteiger partial charge on any atom is -0.480 e. The number of carboxylic acid groups (broad SMARTS) is 1. The van der Waals surface area contributed by atoms with E-state index >= 15 is 0 Å². The zero-order chi connectivity index (χ0) is 14.3. The van der Waals surface area contributed by atoms with Gasteiger partial charge in [0.1, 0.15) is 6.61 Å². The van der Waals surface area contributed by atoms with Gasteiger partial charge in [-0.25, -0.2) is 9.59 Å². The van der Waals surface area contributed by atoms with Gasteiger partial charge in [-0.1, -0.05) is 23.2 Å². The van der Waals surface area contributed by atoms with Gasteiger partial charge in [-0.2, -0.15) is 0 Å². The lowest BCUT2D eigenvalue weighted by Gasteiger charge is -2.09. The highest BCUT2D eigenvalue weighted by Crippen LogP contribution is 2.25. The predicted octanol–water partition coefficient (Wildman–Crippen LogP) is 2.22. The molecule has 0 fully saturated rings. The van der Waals surface area contributed by atoms with E-state index in [-0.39, 0.29) is 13.2 Å². The number of anilines is 1. The smallest absolute Gasteiger partial charge is 0.329 e. The molecule has 3 N–H and O–H groups in total. The van der Waals surface area contributed by atoms with Crippen LogP contribution in [0.2, 0.25) is 10.0 Å². The van der Waals surface area contributed by atoms with Gasteiger partial charge in [0, 0.05) is 11.6 Å². The first-order valence-corrected chi connectivity index (χ1v) is 6.04. The van der Waals surface area contributed by atoms with E-state index in [0.717, 1.165) is 0 Å². The number of amides is 2. The monoisotopic (exact) mass is 306 g/mol. The van der Waals surface area contributed by atoms with Crippen molar-refractivity contribution in [1.29, 1.82) is 0 Å². The molecule has 0 unspecified atom stereocenters. The quantitative estimate of drug-likeness (QED) is 0.703. The number of hydrogen-bond donors (Lipinski definition) is 3. The molecule has 1 aromatic rings. The Kier molecular flexibility index (Phi) is 6.41. The van der Waals surface area contributed by atoms with Crippen LogP contribution in [-0.4, -0.2) is 36.9 Å². The summed E-state index contributed by atoms with van der Waals surface area (Å²) in [5, 5.41) is 14.1. The van der Waals surface area contributed by atoms with Crippen LogP contribution in [0.25, 0.3) is 0 Å². The van der Waals surface area contributed by atoms with Crippen molar-refractivity contribution < 1.29 is 19.4 Å². The fourth-order valence-electron chi connectivity index (χ4n) is 1.15. The van der Waals surface area contributed by atoms with Crippen LogP contribution in [0.15, 0.2) is 18.2 Å². The Morgan fingerprint density at radius 1 is 1.32 bits per heavy atom. The third-order valence-corrected chi connectivity index (χ3v) is 2.48. The van der Waals surface area contributed by atoms with Gasteiger partial charge >= 0.3 is 12.0 Å². The van der Waals surface area contributed by atoms with E-state index in [4.69, 9.17) is 33.0 Å². The van der Waals surface area contributed by atoms with Crippen LogP contribution < -0.4 is 10.6 Å². The van der Waals surface area contributed by atoms with E-state index in [9.17, 15) is 9.59 Å². The van der Waals surface area contributed by atoms with Crippen LogP contribution in [0.1, 0.15) is 0 Å². The summed E-state index contributed by atoms with van der Waals surface area (Å²) >= 11 is 11.6. The molecular weight excluding hydrogens is 295 g/mol. The van der Waals surface area contributed by atoms with Crippen molar-refractivity contribution in [2.24, 2.45) is 0 Å². The molecule has 0 aliphatic carbocycles. The van der Waals surface area contributed by atoms with E-state index in [1.54, 1.807) is 12.1 Å². The summed E-state index contributed by atoms with van der Waals surface area (Å²) in [5.74, 6) is -1.06. The molecule has 0 saturated heterocycles. The third kappa shape index (κ3) is 6.28. The number of aliphatic carboxylic acids is 1. The van der Waals surface area contributed by atoms with Crippen molar-refractivity contribution >= 4 is 40.9 Å². The minimum atomic E-state index is -1.06. The van der Waals surface area contributed by atoms with E-state index in [2.05, 4.69) is 10.6 Å². The Labute approximate surface area is 119 Å². The maximum atomic E-state index is 11.5. The number of carbonyl (C=O) groups excluding carboxylic acids is 1. The molecule has 0 aliphatic heterocycles. The number of ether oxygens (including phenoxy) is 1. The maximum Gasteiger partial charge on any atom is 0.329 e. The van der Waals surface area contributed by atoms with Crippen molar-refractivity contribution in [1.82, 2.24) is 5.32 Å². The number of benzene rings is 1. The van der Waals surface area contributed by atoms with Gasteiger partial charge in [-0.3, -0.25) is 0 Å². The molecule has 0 aromatic heterocycles. The van der Waals surface area contributed by atoms with E-state index in [1.807, 2.05) is 0 Å². The van der Waals surface area contributed by atoms with Crippen molar-refractivity contribution in [2.45, 2.75) is 0 Å². The first-order valence-electron chi connectivity index (χ1n) is 5.28. The second-order valence-electron chi connectivity index (χ2n) is 3.45. The Morgan fingerprint density at radius 2 is 2.05 bits per heavy atom. The molecule has 104 valence electrons. The van der Waals surface area contributed by atoms with Crippen molar-refractivity contribution in [3.8, 4) is 0 Å². The first-order chi connectivity index (χ1) is 8.99. The van der Waals surface area contributed by atoms with Gasteiger partial charge in [0.25, 0.3) is 0 Å². The van der Waals surface area contributed by atoms with E-state index in [1.165, 1.54) is 6.07 Å². The Balaban J connectivity index is 2.29. The van der Waals surface area contributed by atoms with Crippen molar-refractivity contribution in [2.75, 3.05) is 25.1 Å². The molecule has 6 nitrogen and oxygen atoms in total. The first kappa shape index (κ1) is 15.6. The standard InChI is InChI=1S/C11H12Cl2N2O4/c12-7-1-2-9(8(13)5-7)15-11(18)14-3-4-19-6-10(16)17/h1-2,5H,3-4,6H2,(H,16,17)(H2,14,15,18). The van der Waals surface area contributed by atoms with Gasteiger partial charge in [0.15, 0.2) is 0 Å². The summed E-state index contributed by atoms with van der Waals surface area (Å²) < 4.78 is 4.75.